The van der Waals surface area contributed by atoms with Crippen molar-refractivity contribution in [3.63, 3.8) is 0 Å². The lowest BCUT2D eigenvalue weighted by Gasteiger charge is -2.31. The minimum atomic E-state index is -1.25. The summed E-state index contributed by atoms with van der Waals surface area (Å²) < 4.78 is 5.44. The normalized spacial score (nSPS) is 27.4. The van der Waals surface area contributed by atoms with Gasteiger partial charge in [-0.15, -0.1) is 0 Å². The van der Waals surface area contributed by atoms with Gasteiger partial charge in [0.15, 0.2) is 0 Å². The highest BCUT2D eigenvalue weighted by Gasteiger charge is 2.44. The molecule has 1 aromatic carbocycles. The Hall–Kier alpha value is -3.43. The summed E-state index contributed by atoms with van der Waals surface area (Å²) >= 11 is 0. The standard InChI is InChI=1S/C26H34N4O6/c1-16(2)22-24(33)27-18(26(35)36-15-17-8-4-3-5-9-17)14-21(31)29-12-7-11-20(29)25(34)30-13-6-10-19(30)23(32)28-22/h3-5,8-9,16,18-20,22H,6-7,10-15H2,1-2H3,(H,27,33)(H,28,32)/t18-,19+,20-,22+/m1/s1. The van der Waals surface area contributed by atoms with Crippen molar-refractivity contribution in [1.29, 1.82) is 0 Å². The van der Waals surface area contributed by atoms with Gasteiger partial charge in [-0.2, -0.15) is 0 Å². The van der Waals surface area contributed by atoms with E-state index in [2.05, 4.69) is 10.6 Å². The lowest BCUT2D eigenvalue weighted by atomic mass is 10.0. The Balaban J connectivity index is 1.61. The predicted molar refractivity (Wildman–Crippen MR) is 129 cm³/mol. The molecule has 0 saturated carbocycles. The molecule has 4 rings (SSSR count). The van der Waals surface area contributed by atoms with Crippen LogP contribution in [-0.2, 0) is 35.3 Å². The van der Waals surface area contributed by atoms with Gasteiger partial charge in [-0.05, 0) is 37.2 Å². The maximum Gasteiger partial charge on any atom is 0.329 e. The minimum absolute atomic E-state index is 0.00789. The molecular formula is C26H34N4O6. The highest BCUT2D eigenvalue weighted by molar-refractivity contribution is 5.97. The summed E-state index contributed by atoms with van der Waals surface area (Å²) in [5, 5.41) is 5.44. The number of benzene rings is 1. The number of esters is 1. The molecule has 3 aliphatic rings. The van der Waals surface area contributed by atoms with E-state index < -0.39 is 47.9 Å². The zero-order valence-corrected chi connectivity index (χ0v) is 20.8. The smallest absolute Gasteiger partial charge is 0.329 e. The van der Waals surface area contributed by atoms with Crippen LogP contribution in [0.5, 0.6) is 0 Å². The number of carbonyl (C=O) groups excluding carboxylic acids is 5. The van der Waals surface area contributed by atoms with Gasteiger partial charge in [-0.3, -0.25) is 19.2 Å². The zero-order valence-electron chi connectivity index (χ0n) is 20.8. The van der Waals surface area contributed by atoms with Crippen molar-refractivity contribution in [3.8, 4) is 0 Å². The fourth-order valence-corrected chi connectivity index (χ4v) is 5.18. The van der Waals surface area contributed by atoms with Gasteiger partial charge in [0.05, 0.1) is 6.42 Å². The number of nitrogens with one attached hydrogen (secondary N) is 2. The lowest BCUT2D eigenvalue weighted by molar-refractivity contribution is -0.152. The van der Waals surface area contributed by atoms with Gasteiger partial charge >= 0.3 is 5.97 Å². The van der Waals surface area contributed by atoms with E-state index in [1.165, 1.54) is 4.90 Å². The summed E-state index contributed by atoms with van der Waals surface area (Å²) in [5.41, 5.74) is 0.770. The fraction of sp³-hybridized carbons (Fsp3) is 0.577. The van der Waals surface area contributed by atoms with Gasteiger partial charge in [-0.1, -0.05) is 44.2 Å². The summed E-state index contributed by atoms with van der Waals surface area (Å²) in [7, 11) is 0. The number of fused-ring (bicyclic) bond motifs is 2. The van der Waals surface area contributed by atoms with Crippen LogP contribution in [0.4, 0.5) is 0 Å². The first-order valence-electron chi connectivity index (χ1n) is 12.7. The molecule has 10 heteroatoms. The Kier molecular flexibility index (Phi) is 7.91. The van der Waals surface area contributed by atoms with E-state index in [0.29, 0.717) is 38.8 Å². The second-order valence-corrected chi connectivity index (χ2v) is 10.0. The maximum absolute atomic E-state index is 13.4. The number of rotatable bonds is 4. The quantitative estimate of drug-likeness (QED) is 0.590. The number of amides is 4. The summed E-state index contributed by atoms with van der Waals surface area (Å²) in [6, 6.07) is 5.55. The molecule has 2 N–H and O–H groups in total. The molecule has 4 amide bonds. The average Bonchev–Trinajstić information content (AvgIpc) is 3.55. The number of hydrogen-bond donors (Lipinski definition) is 2. The number of nitrogens with zero attached hydrogens (tertiary/aromatic N) is 2. The molecule has 3 fully saturated rings. The second-order valence-electron chi connectivity index (χ2n) is 10.0. The van der Waals surface area contributed by atoms with E-state index in [9.17, 15) is 24.0 Å². The number of ether oxygens (including phenoxy) is 1. The van der Waals surface area contributed by atoms with Gasteiger partial charge in [0.1, 0.15) is 30.8 Å². The molecule has 3 aliphatic heterocycles. The third-order valence-corrected chi connectivity index (χ3v) is 7.15. The van der Waals surface area contributed by atoms with Crippen LogP contribution in [0, 0.1) is 5.92 Å². The molecule has 10 nitrogen and oxygen atoms in total. The second kappa shape index (κ2) is 11.1. The van der Waals surface area contributed by atoms with Gasteiger partial charge in [0.2, 0.25) is 23.6 Å². The highest BCUT2D eigenvalue weighted by atomic mass is 16.5. The van der Waals surface area contributed by atoms with Crippen molar-refractivity contribution in [2.45, 2.75) is 76.7 Å². The summed E-state index contributed by atoms with van der Waals surface area (Å²) in [6.07, 6.45) is 2.00. The van der Waals surface area contributed by atoms with Crippen molar-refractivity contribution in [1.82, 2.24) is 20.4 Å². The van der Waals surface area contributed by atoms with Gasteiger partial charge in [-0.25, -0.2) is 4.79 Å². The van der Waals surface area contributed by atoms with E-state index in [1.807, 2.05) is 18.2 Å². The molecule has 3 saturated heterocycles. The number of carbonyl (C=O) groups is 5. The third kappa shape index (κ3) is 5.52. The maximum atomic E-state index is 13.4. The fourth-order valence-electron chi connectivity index (χ4n) is 5.18. The van der Waals surface area contributed by atoms with Crippen LogP contribution in [0.15, 0.2) is 30.3 Å². The lowest BCUT2D eigenvalue weighted by Crippen LogP contribution is -2.57. The summed E-state index contributed by atoms with van der Waals surface area (Å²) in [4.78, 5) is 69.2. The minimum Gasteiger partial charge on any atom is -0.459 e. The molecular weight excluding hydrogens is 464 g/mol. The molecule has 0 radical (unpaired) electrons. The van der Waals surface area contributed by atoms with Gasteiger partial charge < -0.3 is 25.2 Å². The Morgan fingerprint density at radius 1 is 0.944 bits per heavy atom. The van der Waals surface area contributed by atoms with Crippen molar-refractivity contribution in [2.24, 2.45) is 5.92 Å². The van der Waals surface area contributed by atoms with Crippen LogP contribution in [0.1, 0.15) is 51.5 Å². The molecule has 0 aliphatic carbocycles. The Morgan fingerprint density at radius 2 is 1.61 bits per heavy atom. The Bertz CT molecular complexity index is 1000. The predicted octanol–water partition coefficient (Wildman–Crippen LogP) is 0.741. The molecule has 0 unspecified atom stereocenters. The van der Waals surface area contributed by atoms with Crippen molar-refractivity contribution < 1.29 is 28.7 Å². The van der Waals surface area contributed by atoms with E-state index in [1.54, 1.807) is 30.9 Å². The molecule has 36 heavy (non-hydrogen) atoms. The van der Waals surface area contributed by atoms with Crippen LogP contribution >= 0.6 is 0 Å². The van der Waals surface area contributed by atoms with Crippen molar-refractivity contribution in [2.75, 3.05) is 13.1 Å². The first-order chi connectivity index (χ1) is 17.3. The largest absolute Gasteiger partial charge is 0.459 e. The van der Waals surface area contributed by atoms with E-state index >= 15 is 0 Å². The molecule has 1 aromatic rings. The third-order valence-electron chi connectivity index (χ3n) is 7.15. The topological polar surface area (TPSA) is 125 Å². The van der Waals surface area contributed by atoms with Crippen molar-refractivity contribution >= 4 is 29.6 Å². The highest BCUT2D eigenvalue weighted by Crippen LogP contribution is 2.26. The number of hydrogen-bond acceptors (Lipinski definition) is 6. The molecule has 0 aromatic heterocycles. The first kappa shape index (κ1) is 25.7. The summed E-state index contributed by atoms with van der Waals surface area (Å²) in [5.74, 6) is -2.64. The van der Waals surface area contributed by atoms with Gasteiger partial charge in [0, 0.05) is 13.1 Å². The average molecular weight is 499 g/mol. The molecule has 0 spiro atoms. The van der Waals surface area contributed by atoms with Crippen LogP contribution in [0.2, 0.25) is 0 Å². The van der Waals surface area contributed by atoms with Crippen LogP contribution in [0.3, 0.4) is 0 Å². The SMILES string of the molecule is CC(C)[C@@H]1NC(=O)[C@@H]2CCCN2C(=O)[C@H]2CCCN2C(=O)C[C@H](C(=O)OCc2ccccc2)NC1=O. The Labute approximate surface area is 210 Å². The van der Waals surface area contributed by atoms with Gasteiger partial charge in [0.25, 0.3) is 0 Å². The monoisotopic (exact) mass is 498 g/mol. The molecule has 194 valence electrons. The molecule has 3 heterocycles. The summed E-state index contributed by atoms with van der Waals surface area (Å²) in [6.45, 7) is 4.37. The van der Waals surface area contributed by atoms with Crippen LogP contribution < -0.4 is 10.6 Å². The van der Waals surface area contributed by atoms with Crippen LogP contribution in [0.25, 0.3) is 0 Å². The zero-order chi connectivity index (χ0) is 25.8. The molecule has 4 atom stereocenters. The van der Waals surface area contributed by atoms with E-state index in [4.69, 9.17) is 4.74 Å². The van der Waals surface area contributed by atoms with Crippen LogP contribution in [-0.4, -0.2) is 76.7 Å². The van der Waals surface area contributed by atoms with E-state index in [-0.39, 0.29) is 24.9 Å². The van der Waals surface area contributed by atoms with Crippen molar-refractivity contribution in [3.05, 3.63) is 35.9 Å². The first-order valence-corrected chi connectivity index (χ1v) is 12.7. The Morgan fingerprint density at radius 3 is 2.31 bits per heavy atom. The van der Waals surface area contributed by atoms with E-state index in [0.717, 1.165) is 5.56 Å². The molecule has 0 bridgehead atoms.